The molecule has 0 aliphatic rings. The summed E-state index contributed by atoms with van der Waals surface area (Å²) >= 11 is 0. The molecule has 26 heavy (non-hydrogen) atoms. The van der Waals surface area contributed by atoms with Crippen LogP contribution in [0.3, 0.4) is 0 Å². The summed E-state index contributed by atoms with van der Waals surface area (Å²) in [5.41, 5.74) is 0.753. The van der Waals surface area contributed by atoms with Gasteiger partial charge in [-0.2, -0.15) is 0 Å². The van der Waals surface area contributed by atoms with Crippen LogP contribution in [0.5, 0.6) is 11.5 Å². The van der Waals surface area contributed by atoms with E-state index in [2.05, 4.69) is 10.1 Å². The summed E-state index contributed by atoms with van der Waals surface area (Å²) in [7, 11) is 0. The summed E-state index contributed by atoms with van der Waals surface area (Å²) in [4.78, 5) is 12.3. The number of para-hydroxylation sites is 1. The molecule has 8 heteroatoms. The minimum absolute atomic E-state index is 0.0581. The Morgan fingerprint density at radius 2 is 1.88 bits per heavy atom. The number of alkyl halides is 3. The second-order valence-electron chi connectivity index (χ2n) is 5.24. The Balaban J connectivity index is 1.76. The van der Waals surface area contributed by atoms with Gasteiger partial charge in [-0.1, -0.05) is 12.1 Å². The third kappa shape index (κ3) is 4.08. The minimum atomic E-state index is -4.77. The number of anilines is 1. The third-order valence-corrected chi connectivity index (χ3v) is 3.38. The van der Waals surface area contributed by atoms with Crippen LogP contribution in [0.1, 0.15) is 17.5 Å². The highest BCUT2D eigenvalue weighted by atomic mass is 19.4. The van der Waals surface area contributed by atoms with Crippen molar-refractivity contribution in [1.29, 1.82) is 0 Å². The number of nitrogens with one attached hydrogen (secondary N) is 1. The number of ether oxygens (including phenoxy) is 2. The zero-order valence-corrected chi connectivity index (χ0v) is 13.6. The Hall–Kier alpha value is -3.16. The van der Waals surface area contributed by atoms with Gasteiger partial charge in [-0.25, -0.2) is 0 Å². The van der Waals surface area contributed by atoms with Gasteiger partial charge in [0.2, 0.25) is 0 Å². The fourth-order valence-electron chi connectivity index (χ4n) is 2.35. The van der Waals surface area contributed by atoms with Gasteiger partial charge in [0.1, 0.15) is 5.75 Å². The Kier molecular flexibility index (Phi) is 4.75. The van der Waals surface area contributed by atoms with Crippen LogP contribution < -0.4 is 14.8 Å². The van der Waals surface area contributed by atoms with Crippen LogP contribution in [0.15, 0.2) is 52.9 Å². The molecule has 0 fully saturated rings. The first kappa shape index (κ1) is 17.7. The summed E-state index contributed by atoms with van der Waals surface area (Å²) in [6, 6.07) is 11.7. The van der Waals surface area contributed by atoms with Crippen molar-refractivity contribution in [2.24, 2.45) is 0 Å². The smallest absolute Gasteiger partial charge is 0.490 e. The van der Waals surface area contributed by atoms with Gasteiger partial charge >= 0.3 is 6.36 Å². The van der Waals surface area contributed by atoms with Gasteiger partial charge in [-0.15, -0.1) is 13.2 Å². The van der Waals surface area contributed by atoms with Gasteiger partial charge in [-0.05, 0) is 43.3 Å². The Bertz CT molecular complexity index is 916. The molecule has 5 nitrogen and oxygen atoms in total. The summed E-state index contributed by atoms with van der Waals surface area (Å²) in [5.74, 6) is -0.325. The van der Waals surface area contributed by atoms with E-state index in [0.29, 0.717) is 29.0 Å². The van der Waals surface area contributed by atoms with Crippen LogP contribution in [-0.4, -0.2) is 18.9 Å². The fourth-order valence-corrected chi connectivity index (χ4v) is 2.35. The molecule has 0 aliphatic heterocycles. The molecule has 1 aromatic heterocycles. The molecule has 1 heterocycles. The van der Waals surface area contributed by atoms with Crippen molar-refractivity contribution in [3.63, 3.8) is 0 Å². The molecule has 0 aliphatic carbocycles. The molecule has 0 saturated carbocycles. The van der Waals surface area contributed by atoms with Gasteiger partial charge < -0.3 is 19.2 Å². The topological polar surface area (TPSA) is 60.7 Å². The standard InChI is InChI=1S/C18H14F3NO4/c1-2-24-14-5-3-4-11-10-15(25-16(11)14)17(23)22-12-6-8-13(9-7-12)26-18(19,20)21/h3-10H,2H2,1H3,(H,22,23). The van der Waals surface area contributed by atoms with Crippen molar-refractivity contribution in [2.45, 2.75) is 13.3 Å². The average Bonchev–Trinajstić information content (AvgIpc) is 3.01. The number of hydrogen-bond acceptors (Lipinski definition) is 4. The van der Waals surface area contributed by atoms with E-state index in [9.17, 15) is 18.0 Å². The number of rotatable bonds is 5. The molecule has 1 N–H and O–H groups in total. The first-order valence-electron chi connectivity index (χ1n) is 7.68. The monoisotopic (exact) mass is 365 g/mol. The number of benzene rings is 2. The normalized spacial score (nSPS) is 11.4. The van der Waals surface area contributed by atoms with Crippen LogP contribution in [0, 0.1) is 0 Å². The van der Waals surface area contributed by atoms with Crippen molar-refractivity contribution in [3.8, 4) is 11.5 Å². The summed E-state index contributed by atoms with van der Waals surface area (Å²) in [5, 5.41) is 3.25. The lowest BCUT2D eigenvalue weighted by molar-refractivity contribution is -0.274. The van der Waals surface area contributed by atoms with Crippen LogP contribution >= 0.6 is 0 Å². The van der Waals surface area contributed by atoms with E-state index in [1.54, 1.807) is 24.3 Å². The molecule has 0 radical (unpaired) electrons. The highest BCUT2D eigenvalue weighted by Gasteiger charge is 2.31. The Morgan fingerprint density at radius 3 is 2.54 bits per heavy atom. The van der Waals surface area contributed by atoms with Crippen molar-refractivity contribution >= 4 is 22.6 Å². The van der Waals surface area contributed by atoms with Crippen molar-refractivity contribution in [3.05, 3.63) is 54.3 Å². The third-order valence-electron chi connectivity index (χ3n) is 3.38. The number of furan rings is 1. The van der Waals surface area contributed by atoms with Crippen molar-refractivity contribution in [2.75, 3.05) is 11.9 Å². The van der Waals surface area contributed by atoms with Gasteiger partial charge in [0, 0.05) is 11.1 Å². The SMILES string of the molecule is CCOc1cccc2cc(C(=O)Nc3ccc(OC(F)(F)F)cc3)oc12. The molecule has 3 aromatic rings. The molecule has 0 saturated heterocycles. The van der Waals surface area contributed by atoms with Crippen LogP contribution in [0.4, 0.5) is 18.9 Å². The van der Waals surface area contributed by atoms with E-state index in [-0.39, 0.29) is 11.5 Å². The summed E-state index contributed by atoms with van der Waals surface area (Å²) in [6.07, 6.45) is -4.77. The number of amides is 1. The first-order chi connectivity index (χ1) is 12.4. The summed E-state index contributed by atoms with van der Waals surface area (Å²) in [6.45, 7) is 2.29. The first-order valence-corrected chi connectivity index (χ1v) is 7.68. The lowest BCUT2D eigenvalue weighted by Crippen LogP contribution is -2.17. The second-order valence-corrected chi connectivity index (χ2v) is 5.24. The maximum absolute atomic E-state index is 12.3. The van der Waals surface area contributed by atoms with E-state index in [1.807, 2.05) is 6.92 Å². The summed E-state index contributed by atoms with van der Waals surface area (Å²) < 4.78 is 51.2. The molecule has 0 unspecified atom stereocenters. The van der Waals surface area contributed by atoms with E-state index in [4.69, 9.17) is 9.15 Å². The van der Waals surface area contributed by atoms with Crippen molar-refractivity contribution in [1.82, 2.24) is 0 Å². The quantitative estimate of drug-likeness (QED) is 0.693. The molecule has 2 aromatic carbocycles. The van der Waals surface area contributed by atoms with Gasteiger partial charge in [0.15, 0.2) is 17.1 Å². The molecule has 1 amide bonds. The fraction of sp³-hybridized carbons (Fsp3) is 0.167. The van der Waals surface area contributed by atoms with Crippen LogP contribution in [0.2, 0.25) is 0 Å². The maximum Gasteiger partial charge on any atom is 0.573 e. The molecule has 3 rings (SSSR count). The van der Waals surface area contributed by atoms with E-state index in [0.717, 1.165) is 12.1 Å². The molecule has 0 spiro atoms. The van der Waals surface area contributed by atoms with Gasteiger partial charge in [0.25, 0.3) is 5.91 Å². The zero-order valence-electron chi connectivity index (χ0n) is 13.6. The highest BCUT2D eigenvalue weighted by molar-refractivity contribution is 6.05. The lowest BCUT2D eigenvalue weighted by Gasteiger charge is -2.09. The number of hydrogen-bond donors (Lipinski definition) is 1. The largest absolute Gasteiger partial charge is 0.573 e. The van der Waals surface area contributed by atoms with Gasteiger partial charge in [-0.3, -0.25) is 4.79 Å². The minimum Gasteiger partial charge on any atom is -0.490 e. The molecular weight excluding hydrogens is 351 g/mol. The highest BCUT2D eigenvalue weighted by Crippen LogP contribution is 2.29. The van der Waals surface area contributed by atoms with E-state index in [1.165, 1.54) is 12.1 Å². The Morgan fingerprint density at radius 1 is 1.15 bits per heavy atom. The average molecular weight is 365 g/mol. The second kappa shape index (κ2) is 6.99. The van der Waals surface area contributed by atoms with E-state index >= 15 is 0 Å². The molecular formula is C18H14F3NO4. The molecule has 136 valence electrons. The number of carbonyl (C=O) groups excluding carboxylic acids is 1. The molecule has 0 atom stereocenters. The predicted molar refractivity (Wildman–Crippen MR) is 88.5 cm³/mol. The number of fused-ring (bicyclic) bond motifs is 1. The molecule has 0 bridgehead atoms. The predicted octanol–water partition coefficient (Wildman–Crippen LogP) is 4.98. The van der Waals surface area contributed by atoms with E-state index < -0.39 is 12.3 Å². The number of carbonyl (C=O) groups is 1. The Labute approximate surface area is 146 Å². The van der Waals surface area contributed by atoms with Crippen molar-refractivity contribution < 1.29 is 31.9 Å². The van der Waals surface area contributed by atoms with Crippen LogP contribution in [-0.2, 0) is 0 Å². The lowest BCUT2D eigenvalue weighted by atomic mass is 10.2. The maximum atomic E-state index is 12.3. The van der Waals surface area contributed by atoms with Gasteiger partial charge in [0.05, 0.1) is 6.61 Å². The van der Waals surface area contributed by atoms with Crippen LogP contribution in [0.25, 0.3) is 11.0 Å². The number of halogens is 3. The zero-order chi connectivity index (χ0) is 18.7.